The Kier molecular flexibility index (Phi) is 6.87. The SMILES string of the molecule is O=C(Nc1ncc(Cc2cccc(Cl)c2Cl)s1)c1cccc(NC(=O)C2CCCO2)c1. The molecule has 1 atom stereocenters. The number of nitrogens with zero attached hydrogens (tertiary/aromatic N) is 1. The summed E-state index contributed by atoms with van der Waals surface area (Å²) < 4.78 is 5.39. The fourth-order valence-corrected chi connectivity index (χ4v) is 4.45. The number of benzene rings is 2. The highest BCUT2D eigenvalue weighted by atomic mass is 35.5. The Bertz CT molecular complexity index is 1110. The standard InChI is InChI=1S/C22H19Cl2N3O3S/c23-17-7-2-4-13(19(17)24)11-16-12-25-22(31-16)27-20(28)14-5-1-6-15(10-14)26-21(29)18-8-3-9-30-18/h1-2,4-7,10,12,18H,3,8-9,11H2,(H,26,29)(H,25,27,28). The molecule has 9 heteroatoms. The minimum Gasteiger partial charge on any atom is -0.368 e. The molecule has 0 radical (unpaired) electrons. The van der Waals surface area contributed by atoms with Crippen LogP contribution in [-0.4, -0.2) is 29.5 Å². The smallest absolute Gasteiger partial charge is 0.257 e. The van der Waals surface area contributed by atoms with Gasteiger partial charge >= 0.3 is 0 Å². The predicted molar refractivity (Wildman–Crippen MR) is 123 cm³/mol. The third kappa shape index (κ3) is 5.43. The quantitative estimate of drug-likeness (QED) is 0.499. The molecular weight excluding hydrogens is 457 g/mol. The van der Waals surface area contributed by atoms with Crippen molar-refractivity contribution in [2.24, 2.45) is 0 Å². The summed E-state index contributed by atoms with van der Waals surface area (Å²) in [5.74, 6) is -0.505. The second kappa shape index (κ2) is 9.78. The van der Waals surface area contributed by atoms with Crippen LogP contribution in [0, 0.1) is 0 Å². The average molecular weight is 476 g/mol. The minimum atomic E-state index is -0.431. The Balaban J connectivity index is 1.39. The van der Waals surface area contributed by atoms with Gasteiger partial charge in [0.2, 0.25) is 0 Å². The number of aromatic nitrogens is 1. The van der Waals surface area contributed by atoms with Crippen molar-refractivity contribution in [3.63, 3.8) is 0 Å². The molecule has 2 amide bonds. The van der Waals surface area contributed by atoms with Crippen molar-refractivity contribution in [3.8, 4) is 0 Å². The van der Waals surface area contributed by atoms with E-state index in [2.05, 4.69) is 15.6 Å². The number of hydrogen-bond donors (Lipinski definition) is 2. The number of rotatable bonds is 6. The van der Waals surface area contributed by atoms with Crippen molar-refractivity contribution in [2.75, 3.05) is 17.2 Å². The molecule has 31 heavy (non-hydrogen) atoms. The molecule has 2 N–H and O–H groups in total. The van der Waals surface area contributed by atoms with E-state index in [0.717, 1.165) is 16.9 Å². The summed E-state index contributed by atoms with van der Waals surface area (Å²) in [6, 6.07) is 12.2. The van der Waals surface area contributed by atoms with Crippen LogP contribution >= 0.6 is 34.5 Å². The number of thiazole rings is 1. The summed E-state index contributed by atoms with van der Waals surface area (Å²) in [7, 11) is 0. The van der Waals surface area contributed by atoms with Crippen molar-refractivity contribution in [1.29, 1.82) is 0 Å². The molecular formula is C22H19Cl2N3O3S. The van der Waals surface area contributed by atoms with Crippen molar-refractivity contribution >= 4 is 57.2 Å². The van der Waals surface area contributed by atoms with Gasteiger partial charge < -0.3 is 10.1 Å². The molecule has 1 unspecified atom stereocenters. The maximum absolute atomic E-state index is 12.7. The van der Waals surface area contributed by atoms with E-state index < -0.39 is 6.10 Å². The van der Waals surface area contributed by atoms with Gasteiger partial charge in [-0.05, 0) is 42.7 Å². The molecule has 3 aromatic rings. The van der Waals surface area contributed by atoms with Gasteiger partial charge in [0.1, 0.15) is 6.10 Å². The maximum Gasteiger partial charge on any atom is 0.257 e. The van der Waals surface area contributed by atoms with Crippen LogP contribution < -0.4 is 10.6 Å². The Morgan fingerprint density at radius 2 is 2.00 bits per heavy atom. The Morgan fingerprint density at radius 1 is 1.16 bits per heavy atom. The van der Waals surface area contributed by atoms with Gasteiger partial charge in [-0.3, -0.25) is 14.9 Å². The molecule has 0 saturated carbocycles. The summed E-state index contributed by atoms with van der Waals surface area (Å²) in [6.45, 7) is 0.597. The highest BCUT2D eigenvalue weighted by molar-refractivity contribution is 7.15. The first kappa shape index (κ1) is 21.8. The lowest BCUT2D eigenvalue weighted by atomic mass is 10.1. The molecule has 1 fully saturated rings. The van der Waals surface area contributed by atoms with Crippen LogP contribution in [0.25, 0.3) is 0 Å². The number of anilines is 2. The second-order valence-corrected chi connectivity index (χ2v) is 8.95. The number of hydrogen-bond acceptors (Lipinski definition) is 5. The van der Waals surface area contributed by atoms with Gasteiger partial charge in [0.25, 0.3) is 11.8 Å². The number of ether oxygens (including phenoxy) is 1. The molecule has 0 spiro atoms. The lowest BCUT2D eigenvalue weighted by Crippen LogP contribution is -2.27. The first-order valence-electron chi connectivity index (χ1n) is 9.71. The first-order chi connectivity index (χ1) is 15.0. The highest BCUT2D eigenvalue weighted by Gasteiger charge is 2.23. The van der Waals surface area contributed by atoms with Crippen molar-refractivity contribution in [2.45, 2.75) is 25.4 Å². The zero-order valence-electron chi connectivity index (χ0n) is 16.4. The summed E-state index contributed by atoms with van der Waals surface area (Å²) in [5, 5.41) is 7.10. The minimum absolute atomic E-state index is 0.195. The lowest BCUT2D eigenvalue weighted by molar-refractivity contribution is -0.124. The number of carbonyl (C=O) groups is 2. The van der Waals surface area contributed by atoms with Crippen LogP contribution in [0.4, 0.5) is 10.8 Å². The van der Waals surface area contributed by atoms with Crippen LogP contribution in [0.5, 0.6) is 0 Å². The summed E-state index contributed by atoms with van der Waals surface area (Å²) in [6.07, 6.45) is 3.42. The molecule has 0 aliphatic carbocycles. The molecule has 6 nitrogen and oxygen atoms in total. The zero-order valence-corrected chi connectivity index (χ0v) is 18.7. The topological polar surface area (TPSA) is 80.3 Å². The van der Waals surface area contributed by atoms with Crippen molar-refractivity contribution < 1.29 is 14.3 Å². The molecule has 1 saturated heterocycles. The molecule has 0 bridgehead atoms. The zero-order chi connectivity index (χ0) is 21.8. The van der Waals surface area contributed by atoms with Crippen LogP contribution in [0.1, 0.15) is 33.6 Å². The molecule has 1 aromatic heterocycles. The average Bonchev–Trinajstić information content (AvgIpc) is 3.44. The molecule has 2 aromatic carbocycles. The van der Waals surface area contributed by atoms with E-state index in [4.69, 9.17) is 27.9 Å². The van der Waals surface area contributed by atoms with E-state index in [1.807, 2.05) is 12.1 Å². The fourth-order valence-electron chi connectivity index (χ4n) is 3.23. The summed E-state index contributed by atoms with van der Waals surface area (Å²) in [4.78, 5) is 30.1. The maximum atomic E-state index is 12.7. The monoisotopic (exact) mass is 475 g/mol. The normalized spacial score (nSPS) is 15.6. The number of carbonyl (C=O) groups excluding carboxylic acids is 2. The van der Waals surface area contributed by atoms with Gasteiger partial charge in [-0.15, -0.1) is 11.3 Å². The largest absolute Gasteiger partial charge is 0.368 e. The predicted octanol–water partition coefficient (Wildman–Crippen LogP) is 5.41. The molecule has 4 rings (SSSR count). The van der Waals surface area contributed by atoms with Gasteiger partial charge in [-0.2, -0.15) is 0 Å². The molecule has 1 aliphatic rings. The van der Waals surface area contributed by atoms with Crippen molar-refractivity contribution in [3.05, 3.63) is 74.7 Å². The van der Waals surface area contributed by atoms with E-state index in [1.165, 1.54) is 11.3 Å². The van der Waals surface area contributed by atoms with E-state index in [0.29, 0.717) is 45.9 Å². The van der Waals surface area contributed by atoms with Gasteiger partial charge in [-0.1, -0.05) is 41.4 Å². The highest BCUT2D eigenvalue weighted by Crippen LogP contribution is 2.29. The third-order valence-electron chi connectivity index (χ3n) is 4.78. The van der Waals surface area contributed by atoms with Gasteiger partial charge in [-0.25, -0.2) is 4.98 Å². The summed E-state index contributed by atoms with van der Waals surface area (Å²) in [5.41, 5.74) is 1.86. The Morgan fingerprint density at radius 3 is 2.81 bits per heavy atom. The van der Waals surface area contributed by atoms with Crippen LogP contribution in [-0.2, 0) is 16.0 Å². The van der Waals surface area contributed by atoms with E-state index >= 15 is 0 Å². The molecule has 1 aliphatic heterocycles. The van der Waals surface area contributed by atoms with Gasteiger partial charge in [0, 0.05) is 35.4 Å². The van der Waals surface area contributed by atoms with E-state index in [-0.39, 0.29) is 11.8 Å². The van der Waals surface area contributed by atoms with E-state index in [9.17, 15) is 9.59 Å². The van der Waals surface area contributed by atoms with Crippen LogP contribution in [0.15, 0.2) is 48.7 Å². The van der Waals surface area contributed by atoms with Gasteiger partial charge in [0.15, 0.2) is 5.13 Å². The fraction of sp³-hybridized carbons (Fsp3) is 0.227. The molecule has 2 heterocycles. The number of amides is 2. The Labute approximate surface area is 193 Å². The van der Waals surface area contributed by atoms with Gasteiger partial charge in [0.05, 0.1) is 10.0 Å². The third-order valence-corrected chi connectivity index (χ3v) is 6.56. The Hall–Kier alpha value is -2.45. The van der Waals surface area contributed by atoms with E-state index in [1.54, 1.807) is 36.5 Å². The lowest BCUT2D eigenvalue weighted by Gasteiger charge is -2.11. The summed E-state index contributed by atoms with van der Waals surface area (Å²) >= 11 is 13.7. The first-order valence-corrected chi connectivity index (χ1v) is 11.3. The van der Waals surface area contributed by atoms with Crippen molar-refractivity contribution in [1.82, 2.24) is 4.98 Å². The number of nitrogens with one attached hydrogen (secondary N) is 2. The second-order valence-electron chi connectivity index (χ2n) is 7.05. The molecule has 160 valence electrons. The van der Waals surface area contributed by atoms with Crippen LogP contribution in [0.2, 0.25) is 10.0 Å². The van der Waals surface area contributed by atoms with Crippen LogP contribution in [0.3, 0.4) is 0 Å². The number of halogens is 2.